The third kappa shape index (κ3) is 5.67. The molecular weight excluding hydrogens is 318 g/mol. The molecule has 8 heteroatoms. The highest BCUT2D eigenvalue weighted by Gasteiger charge is 2.09. The number of amides is 1. The maximum absolute atomic E-state index is 11.8. The van der Waals surface area contributed by atoms with Crippen LogP contribution < -0.4 is 14.8 Å². The number of benzene rings is 1. The highest BCUT2D eigenvalue weighted by Crippen LogP contribution is 2.17. The van der Waals surface area contributed by atoms with Crippen LogP contribution in [0.1, 0.15) is 19.2 Å². The maximum Gasteiger partial charge on any atom is 0.229 e. The molecule has 0 atom stereocenters. The number of ether oxygens (including phenoxy) is 2. The van der Waals surface area contributed by atoms with Crippen LogP contribution in [-0.4, -0.2) is 34.8 Å². The van der Waals surface area contributed by atoms with E-state index in [4.69, 9.17) is 9.47 Å². The average molecular weight is 335 g/mol. The highest BCUT2D eigenvalue weighted by molar-refractivity contribution is 7.09. The molecule has 1 heterocycles. The molecule has 1 N–H and O–H groups in total. The Morgan fingerprint density at radius 3 is 2.57 bits per heavy atom. The number of carbonyl (C=O) groups excluding carboxylic acids is 2. The number of methoxy groups -OCH3 is 1. The molecule has 7 nitrogen and oxygen atoms in total. The van der Waals surface area contributed by atoms with Crippen molar-refractivity contribution in [3.8, 4) is 11.5 Å². The Hall–Kier alpha value is -2.48. The lowest BCUT2D eigenvalue weighted by molar-refractivity contribution is -0.117. The van der Waals surface area contributed by atoms with E-state index < -0.39 is 0 Å². The average Bonchev–Trinajstić information content (AvgIpc) is 2.94. The minimum absolute atomic E-state index is 0.0198. The molecule has 0 unspecified atom stereocenters. The van der Waals surface area contributed by atoms with E-state index in [1.54, 1.807) is 31.4 Å². The molecule has 122 valence electrons. The van der Waals surface area contributed by atoms with Crippen molar-refractivity contribution >= 4 is 28.4 Å². The number of ketones is 1. The summed E-state index contributed by atoms with van der Waals surface area (Å²) in [6.45, 7) is 1.72. The normalized spacial score (nSPS) is 10.2. The minimum atomic E-state index is -0.218. The predicted octanol–water partition coefficient (Wildman–Crippen LogP) is 2.09. The van der Waals surface area contributed by atoms with Crippen LogP contribution in [-0.2, 0) is 16.0 Å². The first-order valence-corrected chi connectivity index (χ1v) is 7.73. The van der Waals surface area contributed by atoms with Crippen molar-refractivity contribution in [2.24, 2.45) is 0 Å². The first-order valence-electron chi connectivity index (χ1n) is 6.95. The van der Waals surface area contributed by atoms with Gasteiger partial charge in [-0.3, -0.25) is 9.59 Å². The molecule has 2 rings (SSSR count). The maximum atomic E-state index is 11.8. The van der Waals surface area contributed by atoms with Crippen molar-refractivity contribution in [3.05, 3.63) is 30.1 Å². The quantitative estimate of drug-likeness (QED) is 0.794. The lowest BCUT2D eigenvalue weighted by atomic mass is 10.3. The summed E-state index contributed by atoms with van der Waals surface area (Å²) >= 11 is 1.05. The summed E-state index contributed by atoms with van der Waals surface area (Å²) in [5.41, 5.74) is 0. The summed E-state index contributed by atoms with van der Waals surface area (Å²) < 4.78 is 14.5. The Bertz CT molecular complexity index is 670. The van der Waals surface area contributed by atoms with Crippen LogP contribution in [0, 0.1) is 0 Å². The minimum Gasteiger partial charge on any atom is -0.497 e. The zero-order valence-corrected chi connectivity index (χ0v) is 13.7. The van der Waals surface area contributed by atoms with Gasteiger partial charge < -0.3 is 14.8 Å². The molecule has 0 saturated carbocycles. The number of nitrogens with zero attached hydrogens (tertiary/aromatic N) is 2. The van der Waals surface area contributed by atoms with Crippen molar-refractivity contribution in [1.82, 2.24) is 9.36 Å². The largest absolute Gasteiger partial charge is 0.497 e. The molecular formula is C15H17N3O4S. The molecule has 0 saturated heterocycles. The molecule has 2 aromatic rings. The third-order valence-electron chi connectivity index (χ3n) is 2.78. The number of nitrogens with one attached hydrogen (secondary N) is 1. The van der Waals surface area contributed by atoms with Crippen molar-refractivity contribution < 1.29 is 19.1 Å². The van der Waals surface area contributed by atoms with Gasteiger partial charge in [-0.1, -0.05) is 0 Å². The van der Waals surface area contributed by atoms with Gasteiger partial charge in [-0.25, -0.2) is 4.98 Å². The van der Waals surface area contributed by atoms with Crippen molar-refractivity contribution in [1.29, 1.82) is 0 Å². The second-order valence-corrected chi connectivity index (χ2v) is 5.47. The van der Waals surface area contributed by atoms with E-state index in [9.17, 15) is 9.59 Å². The number of Topliss-reactive ketones (excluding diaryl/α,β-unsaturated/α-hetero) is 1. The van der Waals surface area contributed by atoms with E-state index in [1.165, 1.54) is 6.92 Å². The summed E-state index contributed by atoms with van der Waals surface area (Å²) in [4.78, 5) is 26.8. The first kappa shape index (κ1) is 16.9. The molecule has 0 aliphatic carbocycles. The smallest absolute Gasteiger partial charge is 0.229 e. The SMILES string of the molecule is COc1ccc(OCCC(=O)Nc2nc(CC(C)=O)ns2)cc1. The Balaban J connectivity index is 1.74. The Morgan fingerprint density at radius 2 is 1.91 bits per heavy atom. The van der Waals surface area contributed by atoms with Crippen LogP contribution in [0.15, 0.2) is 24.3 Å². The third-order valence-corrected chi connectivity index (χ3v) is 3.45. The predicted molar refractivity (Wildman–Crippen MR) is 86.0 cm³/mol. The van der Waals surface area contributed by atoms with Gasteiger partial charge in [0.2, 0.25) is 11.0 Å². The summed E-state index contributed by atoms with van der Waals surface area (Å²) in [5.74, 6) is 1.59. The van der Waals surface area contributed by atoms with Gasteiger partial charge in [0.25, 0.3) is 0 Å². The van der Waals surface area contributed by atoms with Gasteiger partial charge in [0.05, 0.1) is 26.6 Å². The van der Waals surface area contributed by atoms with Crippen molar-refractivity contribution in [2.45, 2.75) is 19.8 Å². The van der Waals surface area contributed by atoms with E-state index in [0.29, 0.717) is 16.7 Å². The fourth-order valence-corrected chi connectivity index (χ4v) is 2.32. The molecule has 0 spiro atoms. The van der Waals surface area contributed by atoms with E-state index in [-0.39, 0.29) is 31.1 Å². The van der Waals surface area contributed by atoms with Gasteiger partial charge >= 0.3 is 0 Å². The second-order valence-electron chi connectivity index (χ2n) is 4.72. The lowest BCUT2D eigenvalue weighted by Gasteiger charge is -2.06. The number of rotatable bonds is 8. The van der Waals surface area contributed by atoms with E-state index in [0.717, 1.165) is 17.3 Å². The summed E-state index contributed by atoms with van der Waals surface area (Å²) in [5, 5.41) is 3.02. The topological polar surface area (TPSA) is 90.4 Å². The second kappa shape index (κ2) is 8.23. The van der Waals surface area contributed by atoms with Gasteiger partial charge in [0.15, 0.2) is 5.82 Å². The fraction of sp³-hybridized carbons (Fsp3) is 0.333. The highest BCUT2D eigenvalue weighted by atomic mass is 32.1. The molecule has 0 bridgehead atoms. The molecule has 1 aromatic carbocycles. The van der Waals surface area contributed by atoms with E-state index >= 15 is 0 Å². The number of carbonyl (C=O) groups is 2. The summed E-state index contributed by atoms with van der Waals surface area (Å²) in [6, 6.07) is 7.12. The molecule has 0 radical (unpaired) electrons. The van der Waals surface area contributed by atoms with Crippen molar-refractivity contribution in [3.63, 3.8) is 0 Å². The standard InChI is InChI=1S/C15H17N3O4S/c1-10(19)9-13-16-15(23-18-13)17-14(20)7-8-22-12-5-3-11(21-2)4-6-12/h3-6H,7-9H2,1-2H3,(H,16,17,18,20). The van der Waals surface area contributed by atoms with Crippen LogP contribution >= 0.6 is 11.5 Å². The zero-order valence-electron chi connectivity index (χ0n) is 12.9. The monoisotopic (exact) mass is 335 g/mol. The van der Waals surface area contributed by atoms with Crippen LogP contribution in [0.25, 0.3) is 0 Å². The number of hydrogen-bond acceptors (Lipinski definition) is 7. The van der Waals surface area contributed by atoms with E-state index in [2.05, 4.69) is 14.7 Å². The number of hydrogen-bond donors (Lipinski definition) is 1. The van der Waals surface area contributed by atoms with Crippen LogP contribution in [0.5, 0.6) is 11.5 Å². The molecule has 0 aliphatic heterocycles. The fourth-order valence-electron chi connectivity index (χ4n) is 1.71. The molecule has 23 heavy (non-hydrogen) atoms. The Labute approximate surface area is 137 Å². The first-order chi connectivity index (χ1) is 11.1. The zero-order chi connectivity index (χ0) is 16.7. The van der Waals surface area contributed by atoms with Gasteiger partial charge in [-0.2, -0.15) is 4.37 Å². The molecule has 1 amide bonds. The summed E-state index contributed by atoms with van der Waals surface area (Å²) in [6.07, 6.45) is 0.362. The Kier molecular flexibility index (Phi) is 6.04. The van der Waals surface area contributed by atoms with Crippen LogP contribution in [0.2, 0.25) is 0 Å². The number of aromatic nitrogens is 2. The van der Waals surface area contributed by atoms with Crippen LogP contribution in [0.3, 0.4) is 0 Å². The van der Waals surface area contributed by atoms with Gasteiger partial charge in [0.1, 0.15) is 17.3 Å². The van der Waals surface area contributed by atoms with Crippen LogP contribution in [0.4, 0.5) is 5.13 Å². The molecule has 0 fully saturated rings. The summed E-state index contributed by atoms with van der Waals surface area (Å²) in [7, 11) is 1.59. The lowest BCUT2D eigenvalue weighted by Crippen LogP contribution is -2.15. The molecule has 1 aromatic heterocycles. The Morgan fingerprint density at radius 1 is 1.22 bits per heavy atom. The van der Waals surface area contributed by atoms with Gasteiger partial charge in [-0.15, -0.1) is 0 Å². The number of anilines is 1. The van der Waals surface area contributed by atoms with E-state index in [1.807, 2.05) is 0 Å². The molecule has 0 aliphatic rings. The van der Waals surface area contributed by atoms with Crippen molar-refractivity contribution in [2.75, 3.05) is 19.0 Å². The van der Waals surface area contributed by atoms with Gasteiger partial charge in [-0.05, 0) is 31.2 Å². The van der Waals surface area contributed by atoms with Gasteiger partial charge in [0, 0.05) is 11.5 Å².